The fraction of sp³-hybridized carbons (Fsp3) is 0.167. The third kappa shape index (κ3) is 4.49. The smallest absolute Gasteiger partial charge is 0.330 e. The molecule has 0 saturated carbocycles. The molecule has 0 heterocycles. The third-order valence-corrected chi connectivity index (χ3v) is 3.07. The Morgan fingerprint density at radius 2 is 1.52 bits per heavy atom. The van der Waals surface area contributed by atoms with Crippen LogP contribution in [0.1, 0.15) is 6.42 Å². The molecule has 0 saturated heterocycles. The van der Waals surface area contributed by atoms with Crippen molar-refractivity contribution in [3.05, 3.63) is 73.3 Å². The van der Waals surface area contributed by atoms with Gasteiger partial charge in [-0.25, -0.2) is 4.79 Å². The lowest BCUT2D eigenvalue weighted by atomic mass is 10.2. The highest BCUT2D eigenvalue weighted by Gasteiger charge is 2.08. The van der Waals surface area contributed by atoms with Crippen LogP contribution >= 0.6 is 0 Å². The maximum atomic E-state index is 11.0. The lowest BCUT2D eigenvalue weighted by Crippen LogP contribution is -2.20. The number of ether oxygens (including phenoxy) is 1. The van der Waals surface area contributed by atoms with Gasteiger partial charge in [-0.05, 0) is 30.7 Å². The molecule has 0 aliphatic carbocycles. The van der Waals surface area contributed by atoms with Crippen molar-refractivity contribution < 1.29 is 9.53 Å². The zero-order valence-corrected chi connectivity index (χ0v) is 11.9. The molecule has 3 nitrogen and oxygen atoms in total. The molecule has 0 aliphatic heterocycles. The summed E-state index contributed by atoms with van der Waals surface area (Å²) in [6.45, 7) is 4.55. The summed E-state index contributed by atoms with van der Waals surface area (Å²) in [4.78, 5) is 13.3. The van der Waals surface area contributed by atoms with Crippen molar-refractivity contribution in [2.75, 3.05) is 18.1 Å². The number of hydrogen-bond acceptors (Lipinski definition) is 3. The number of nitrogens with zero attached hydrogens (tertiary/aromatic N) is 1. The van der Waals surface area contributed by atoms with Gasteiger partial charge >= 0.3 is 5.97 Å². The van der Waals surface area contributed by atoms with E-state index in [1.54, 1.807) is 0 Å². The highest BCUT2D eigenvalue weighted by Crippen LogP contribution is 2.24. The molecule has 0 aliphatic rings. The van der Waals surface area contributed by atoms with Crippen molar-refractivity contribution >= 4 is 17.3 Å². The highest BCUT2D eigenvalue weighted by atomic mass is 16.5. The van der Waals surface area contributed by atoms with Gasteiger partial charge in [0.2, 0.25) is 0 Å². The number of rotatable bonds is 7. The first-order valence-electron chi connectivity index (χ1n) is 6.98. The van der Waals surface area contributed by atoms with Crippen LogP contribution in [0.25, 0.3) is 0 Å². The molecule has 3 heteroatoms. The summed E-state index contributed by atoms with van der Waals surface area (Å²) in [7, 11) is 0. The Morgan fingerprint density at radius 3 is 2.00 bits per heavy atom. The quantitative estimate of drug-likeness (QED) is 0.437. The van der Waals surface area contributed by atoms with Gasteiger partial charge in [-0.15, -0.1) is 0 Å². The third-order valence-electron chi connectivity index (χ3n) is 3.07. The minimum absolute atomic E-state index is 0.374. The lowest BCUT2D eigenvalue weighted by molar-refractivity contribution is -0.137. The first kappa shape index (κ1) is 14.9. The van der Waals surface area contributed by atoms with Crippen LogP contribution in [0.2, 0.25) is 0 Å². The SMILES string of the molecule is C=CC(=O)OCCCN(c1ccccc1)c1ccccc1. The van der Waals surface area contributed by atoms with Gasteiger partial charge in [0.15, 0.2) is 0 Å². The largest absolute Gasteiger partial charge is 0.462 e. The minimum atomic E-state index is -0.374. The first-order chi connectivity index (χ1) is 10.3. The van der Waals surface area contributed by atoms with Crippen molar-refractivity contribution in [2.45, 2.75) is 6.42 Å². The minimum Gasteiger partial charge on any atom is -0.462 e. The van der Waals surface area contributed by atoms with Gasteiger partial charge in [0, 0.05) is 24.0 Å². The predicted molar refractivity (Wildman–Crippen MR) is 85.7 cm³/mol. The van der Waals surface area contributed by atoms with E-state index in [0.29, 0.717) is 6.61 Å². The Labute approximate surface area is 125 Å². The Kier molecular flexibility index (Phi) is 5.59. The van der Waals surface area contributed by atoms with E-state index in [9.17, 15) is 4.79 Å². The van der Waals surface area contributed by atoms with Crippen LogP contribution in [0.3, 0.4) is 0 Å². The van der Waals surface area contributed by atoms with Crippen molar-refractivity contribution in [1.29, 1.82) is 0 Å². The van der Waals surface area contributed by atoms with E-state index < -0.39 is 0 Å². The number of para-hydroxylation sites is 2. The molecular weight excluding hydrogens is 262 g/mol. The van der Waals surface area contributed by atoms with Gasteiger partial charge in [0.1, 0.15) is 0 Å². The fourth-order valence-electron chi connectivity index (χ4n) is 2.08. The van der Waals surface area contributed by atoms with Gasteiger partial charge in [0.25, 0.3) is 0 Å². The lowest BCUT2D eigenvalue weighted by Gasteiger charge is -2.25. The maximum absolute atomic E-state index is 11.0. The van der Waals surface area contributed by atoms with E-state index in [2.05, 4.69) is 35.7 Å². The molecule has 2 aromatic rings. The van der Waals surface area contributed by atoms with Crippen LogP contribution in [0.15, 0.2) is 73.3 Å². The summed E-state index contributed by atoms with van der Waals surface area (Å²) in [5, 5.41) is 0. The Hall–Kier alpha value is -2.55. The van der Waals surface area contributed by atoms with Crippen molar-refractivity contribution in [1.82, 2.24) is 0 Å². The van der Waals surface area contributed by atoms with Crippen LogP contribution in [0.5, 0.6) is 0 Å². The van der Waals surface area contributed by atoms with Crippen LogP contribution in [0.4, 0.5) is 11.4 Å². The summed E-state index contributed by atoms with van der Waals surface area (Å²) < 4.78 is 5.03. The van der Waals surface area contributed by atoms with E-state index in [0.717, 1.165) is 24.3 Å². The van der Waals surface area contributed by atoms with Gasteiger partial charge in [-0.3, -0.25) is 0 Å². The summed E-state index contributed by atoms with van der Waals surface area (Å²) in [6.07, 6.45) is 1.94. The first-order valence-corrected chi connectivity index (χ1v) is 6.98. The molecule has 0 bridgehead atoms. The van der Waals surface area contributed by atoms with E-state index >= 15 is 0 Å². The highest BCUT2D eigenvalue weighted by molar-refractivity contribution is 5.81. The van der Waals surface area contributed by atoms with Gasteiger partial charge in [0.05, 0.1) is 6.61 Å². The van der Waals surface area contributed by atoms with E-state index in [1.165, 1.54) is 6.08 Å². The average molecular weight is 281 g/mol. The second-order valence-electron chi connectivity index (χ2n) is 4.55. The summed E-state index contributed by atoms with van der Waals surface area (Å²) in [5.41, 5.74) is 2.25. The summed E-state index contributed by atoms with van der Waals surface area (Å²) >= 11 is 0. The van der Waals surface area contributed by atoms with Crippen molar-refractivity contribution in [2.24, 2.45) is 0 Å². The second kappa shape index (κ2) is 7.90. The number of anilines is 2. The molecule has 0 radical (unpaired) electrons. The molecule has 2 rings (SSSR count). The van der Waals surface area contributed by atoms with E-state index in [1.807, 2.05) is 36.4 Å². The average Bonchev–Trinajstić information content (AvgIpc) is 2.56. The number of benzene rings is 2. The maximum Gasteiger partial charge on any atom is 0.330 e. The molecule has 0 spiro atoms. The monoisotopic (exact) mass is 281 g/mol. The summed E-state index contributed by atoms with van der Waals surface area (Å²) in [6, 6.07) is 20.4. The van der Waals surface area contributed by atoms with Crippen LogP contribution in [0, 0.1) is 0 Å². The Bertz CT molecular complexity index is 527. The van der Waals surface area contributed by atoms with Crippen LogP contribution in [-0.4, -0.2) is 19.1 Å². The zero-order chi connectivity index (χ0) is 14.9. The van der Waals surface area contributed by atoms with Crippen molar-refractivity contribution in [3.8, 4) is 0 Å². The molecule has 0 unspecified atom stereocenters. The summed E-state index contributed by atoms with van der Waals surface area (Å²) in [5.74, 6) is -0.374. The molecule has 0 atom stereocenters. The standard InChI is InChI=1S/C18H19NO2/c1-2-18(20)21-15-9-14-19(16-10-5-3-6-11-16)17-12-7-4-8-13-17/h2-8,10-13H,1,9,14-15H2. The molecule has 0 fully saturated rings. The molecule has 108 valence electrons. The van der Waals surface area contributed by atoms with Gasteiger partial charge < -0.3 is 9.64 Å². The molecule has 21 heavy (non-hydrogen) atoms. The Balaban J connectivity index is 2.03. The normalized spacial score (nSPS) is 9.90. The van der Waals surface area contributed by atoms with Gasteiger partial charge in [-0.1, -0.05) is 43.0 Å². The predicted octanol–water partition coefficient (Wildman–Crippen LogP) is 3.94. The van der Waals surface area contributed by atoms with E-state index in [4.69, 9.17) is 4.74 Å². The van der Waals surface area contributed by atoms with E-state index in [-0.39, 0.29) is 5.97 Å². The number of carbonyl (C=O) groups excluding carboxylic acids is 1. The number of esters is 1. The molecule has 0 N–H and O–H groups in total. The van der Waals surface area contributed by atoms with Crippen LogP contribution < -0.4 is 4.90 Å². The molecule has 0 aromatic heterocycles. The topological polar surface area (TPSA) is 29.5 Å². The molecule has 2 aromatic carbocycles. The fourth-order valence-corrected chi connectivity index (χ4v) is 2.08. The molecular formula is C18H19NO2. The number of hydrogen-bond donors (Lipinski definition) is 0. The van der Waals surface area contributed by atoms with Crippen molar-refractivity contribution in [3.63, 3.8) is 0 Å². The second-order valence-corrected chi connectivity index (χ2v) is 4.55. The Morgan fingerprint density at radius 1 is 1.00 bits per heavy atom. The zero-order valence-electron chi connectivity index (χ0n) is 11.9. The molecule has 0 amide bonds. The van der Waals surface area contributed by atoms with Crippen LogP contribution in [-0.2, 0) is 9.53 Å². The van der Waals surface area contributed by atoms with Gasteiger partial charge in [-0.2, -0.15) is 0 Å². The number of carbonyl (C=O) groups is 1.